The Morgan fingerprint density at radius 3 is 2.67 bits per heavy atom. The molecule has 2 heterocycles. The van der Waals surface area contributed by atoms with Crippen molar-refractivity contribution in [2.75, 3.05) is 0 Å². The van der Waals surface area contributed by atoms with E-state index < -0.39 is 0 Å². The van der Waals surface area contributed by atoms with E-state index >= 15 is 0 Å². The number of para-hydroxylation sites is 2. The summed E-state index contributed by atoms with van der Waals surface area (Å²) in [5.41, 5.74) is 7.89. The molecule has 88 valence electrons. The van der Waals surface area contributed by atoms with Crippen molar-refractivity contribution < 1.29 is 0 Å². The Morgan fingerprint density at radius 2 is 1.94 bits per heavy atom. The van der Waals surface area contributed by atoms with E-state index in [1.807, 2.05) is 28.8 Å². The normalized spacial score (nSPS) is 10.7. The first kappa shape index (κ1) is 10.8. The van der Waals surface area contributed by atoms with E-state index in [0.717, 1.165) is 11.0 Å². The molecule has 0 unspecified atom stereocenters. The molecule has 3 rings (SSSR count). The highest BCUT2D eigenvalue weighted by Crippen LogP contribution is 2.15. The lowest BCUT2D eigenvalue weighted by molar-refractivity contribution is 0.992. The van der Waals surface area contributed by atoms with Gasteiger partial charge in [0.15, 0.2) is 5.82 Å². The second kappa shape index (κ2) is 4.15. The molecule has 0 aliphatic rings. The van der Waals surface area contributed by atoms with Gasteiger partial charge in [0, 0.05) is 0 Å². The SMILES string of the molecule is NC(=S)c1cnc(-n2cnc3ccccc32)cn1. The lowest BCUT2D eigenvalue weighted by atomic mass is 10.3. The number of hydrogen-bond acceptors (Lipinski definition) is 4. The number of rotatable bonds is 2. The van der Waals surface area contributed by atoms with Crippen LogP contribution in [-0.4, -0.2) is 24.5 Å². The number of benzene rings is 1. The van der Waals surface area contributed by atoms with Crippen LogP contribution < -0.4 is 5.73 Å². The van der Waals surface area contributed by atoms with Gasteiger partial charge in [0.1, 0.15) is 17.0 Å². The number of imidazole rings is 1. The van der Waals surface area contributed by atoms with Crippen molar-refractivity contribution in [2.45, 2.75) is 0 Å². The summed E-state index contributed by atoms with van der Waals surface area (Å²) in [6.07, 6.45) is 4.91. The number of nitrogens with zero attached hydrogens (tertiary/aromatic N) is 4. The molecule has 3 aromatic rings. The molecular formula is C12H9N5S. The van der Waals surface area contributed by atoms with Gasteiger partial charge in [-0.1, -0.05) is 24.4 Å². The van der Waals surface area contributed by atoms with Crippen LogP contribution in [0.3, 0.4) is 0 Å². The molecule has 5 nitrogen and oxygen atoms in total. The van der Waals surface area contributed by atoms with Crippen molar-refractivity contribution >= 4 is 28.2 Å². The van der Waals surface area contributed by atoms with E-state index in [4.69, 9.17) is 18.0 Å². The number of nitrogens with two attached hydrogens (primary N) is 1. The van der Waals surface area contributed by atoms with Gasteiger partial charge >= 0.3 is 0 Å². The maximum Gasteiger partial charge on any atom is 0.156 e. The lowest BCUT2D eigenvalue weighted by Gasteiger charge is -2.03. The quantitative estimate of drug-likeness (QED) is 0.702. The summed E-state index contributed by atoms with van der Waals surface area (Å²) in [6, 6.07) is 7.83. The van der Waals surface area contributed by atoms with Gasteiger partial charge < -0.3 is 5.73 Å². The average Bonchev–Trinajstić information content (AvgIpc) is 2.82. The van der Waals surface area contributed by atoms with Crippen LogP contribution in [0.1, 0.15) is 5.69 Å². The molecule has 0 aliphatic carbocycles. The molecule has 6 heteroatoms. The molecule has 0 bridgehead atoms. The van der Waals surface area contributed by atoms with Crippen LogP contribution in [0.2, 0.25) is 0 Å². The zero-order chi connectivity index (χ0) is 12.5. The summed E-state index contributed by atoms with van der Waals surface area (Å²) in [4.78, 5) is 13.0. The summed E-state index contributed by atoms with van der Waals surface area (Å²) in [5, 5.41) is 0. The van der Waals surface area contributed by atoms with Crippen LogP contribution in [0, 0.1) is 0 Å². The molecule has 0 atom stereocenters. The third-order valence-electron chi connectivity index (χ3n) is 2.59. The predicted molar refractivity (Wildman–Crippen MR) is 72.5 cm³/mol. The Labute approximate surface area is 108 Å². The van der Waals surface area contributed by atoms with E-state index in [0.29, 0.717) is 11.5 Å². The number of thiocarbonyl (C=S) groups is 1. The van der Waals surface area contributed by atoms with E-state index in [1.54, 1.807) is 18.7 Å². The molecule has 0 aliphatic heterocycles. The Hall–Kier alpha value is -2.34. The Balaban J connectivity index is 2.12. The highest BCUT2D eigenvalue weighted by atomic mass is 32.1. The summed E-state index contributed by atoms with van der Waals surface area (Å²) in [5.74, 6) is 0.684. The second-order valence-electron chi connectivity index (χ2n) is 3.73. The Bertz CT molecular complexity index is 717. The molecule has 0 fully saturated rings. The summed E-state index contributed by atoms with van der Waals surface area (Å²) >= 11 is 4.84. The maximum absolute atomic E-state index is 5.48. The summed E-state index contributed by atoms with van der Waals surface area (Å²) in [7, 11) is 0. The van der Waals surface area contributed by atoms with Crippen LogP contribution in [0.15, 0.2) is 43.0 Å². The highest BCUT2D eigenvalue weighted by Gasteiger charge is 2.06. The van der Waals surface area contributed by atoms with Gasteiger partial charge in [-0.3, -0.25) is 4.57 Å². The molecule has 0 saturated carbocycles. The third kappa shape index (κ3) is 1.72. The van der Waals surface area contributed by atoms with Gasteiger partial charge in [-0.2, -0.15) is 0 Å². The number of aromatic nitrogens is 4. The van der Waals surface area contributed by atoms with E-state index in [-0.39, 0.29) is 4.99 Å². The summed E-state index contributed by atoms with van der Waals surface area (Å²) < 4.78 is 1.87. The molecule has 0 saturated heterocycles. The maximum atomic E-state index is 5.48. The van der Waals surface area contributed by atoms with Crippen molar-refractivity contribution in [3.8, 4) is 5.82 Å². The van der Waals surface area contributed by atoms with Gasteiger partial charge in [-0.25, -0.2) is 15.0 Å². The van der Waals surface area contributed by atoms with Crippen molar-refractivity contribution in [3.05, 3.63) is 48.7 Å². The predicted octanol–water partition coefficient (Wildman–Crippen LogP) is 1.45. The average molecular weight is 255 g/mol. The van der Waals surface area contributed by atoms with Crippen molar-refractivity contribution in [2.24, 2.45) is 5.73 Å². The fourth-order valence-corrected chi connectivity index (χ4v) is 1.82. The third-order valence-corrected chi connectivity index (χ3v) is 2.80. The van der Waals surface area contributed by atoms with Crippen molar-refractivity contribution in [1.82, 2.24) is 19.5 Å². The van der Waals surface area contributed by atoms with Gasteiger partial charge in [0.25, 0.3) is 0 Å². The van der Waals surface area contributed by atoms with Crippen molar-refractivity contribution in [1.29, 1.82) is 0 Å². The van der Waals surface area contributed by atoms with Crippen LogP contribution >= 0.6 is 12.2 Å². The molecular weight excluding hydrogens is 246 g/mol. The molecule has 0 amide bonds. The summed E-state index contributed by atoms with van der Waals surface area (Å²) in [6.45, 7) is 0. The number of fused-ring (bicyclic) bond motifs is 1. The molecule has 0 spiro atoms. The zero-order valence-electron chi connectivity index (χ0n) is 9.32. The van der Waals surface area contributed by atoms with Crippen LogP contribution in [0.25, 0.3) is 16.9 Å². The first-order chi connectivity index (χ1) is 8.75. The largest absolute Gasteiger partial charge is 0.388 e. The fraction of sp³-hybridized carbons (Fsp3) is 0. The Kier molecular flexibility index (Phi) is 2.49. The highest BCUT2D eigenvalue weighted by molar-refractivity contribution is 7.80. The minimum absolute atomic E-state index is 0.240. The molecule has 0 radical (unpaired) electrons. The minimum atomic E-state index is 0.240. The lowest BCUT2D eigenvalue weighted by Crippen LogP contribution is -2.12. The fourth-order valence-electron chi connectivity index (χ4n) is 1.71. The van der Waals surface area contributed by atoms with Gasteiger partial charge in [-0.15, -0.1) is 0 Å². The smallest absolute Gasteiger partial charge is 0.156 e. The van der Waals surface area contributed by atoms with E-state index in [1.165, 1.54) is 0 Å². The molecule has 2 N–H and O–H groups in total. The van der Waals surface area contributed by atoms with Crippen LogP contribution in [0.5, 0.6) is 0 Å². The molecule has 18 heavy (non-hydrogen) atoms. The zero-order valence-corrected chi connectivity index (χ0v) is 10.1. The first-order valence-corrected chi connectivity index (χ1v) is 5.71. The van der Waals surface area contributed by atoms with Gasteiger partial charge in [0.2, 0.25) is 0 Å². The Morgan fingerprint density at radius 1 is 1.11 bits per heavy atom. The topological polar surface area (TPSA) is 69.6 Å². The van der Waals surface area contributed by atoms with E-state index in [2.05, 4.69) is 15.0 Å². The first-order valence-electron chi connectivity index (χ1n) is 5.30. The standard InChI is InChI=1S/C12H9N5S/c13-12(18)9-5-15-11(6-14-9)17-7-16-8-3-1-2-4-10(8)17/h1-7H,(H2,13,18). The molecule has 2 aromatic heterocycles. The van der Waals surface area contributed by atoms with Gasteiger partial charge in [-0.05, 0) is 12.1 Å². The minimum Gasteiger partial charge on any atom is -0.388 e. The number of hydrogen-bond donors (Lipinski definition) is 1. The van der Waals surface area contributed by atoms with Gasteiger partial charge in [0.05, 0.1) is 23.4 Å². The monoisotopic (exact) mass is 255 g/mol. The second-order valence-corrected chi connectivity index (χ2v) is 4.17. The van der Waals surface area contributed by atoms with Crippen molar-refractivity contribution in [3.63, 3.8) is 0 Å². The molecule has 1 aromatic carbocycles. The van der Waals surface area contributed by atoms with Crippen LogP contribution in [-0.2, 0) is 0 Å². The van der Waals surface area contributed by atoms with Crippen LogP contribution in [0.4, 0.5) is 0 Å². The van der Waals surface area contributed by atoms with E-state index in [9.17, 15) is 0 Å².